The van der Waals surface area contributed by atoms with Crippen LogP contribution in [0.4, 0.5) is 5.95 Å². The van der Waals surface area contributed by atoms with Crippen molar-refractivity contribution in [1.29, 1.82) is 0 Å². The van der Waals surface area contributed by atoms with Gasteiger partial charge in [-0.25, -0.2) is 4.68 Å². The fourth-order valence-corrected chi connectivity index (χ4v) is 1.70. The van der Waals surface area contributed by atoms with Crippen molar-refractivity contribution < 1.29 is 0 Å². The van der Waals surface area contributed by atoms with Crippen LogP contribution < -0.4 is 5.73 Å². The number of nitrogens with two attached hydrogens (primary N) is 1. The van der Waals surface area contributed by atoms with Crippen molar-refractivity contribution in [2.45, 2.75) is 6.54 Å². The predicted octanol–water partition coefficient (Wildman–Crippen LogP) is 1.72. The van der Waals surface area contributed by atoms with Gasteiger partial charge in [0, 0.05) is 12.4 Å². The Morgan fingerprint density at radius 1 is 1.53 bits per heavy atom. The van der Waals surface area contributed by atoms with Crippen molar-refractivity contribution in [3.8, 4) is 0 Å². The second-order valence-electron chi connectivity index (χ2n) is 2.86. The van der Waals surface area contributed by atoms with E-state index in [1.165, 1.54) is 0 Å². The van der Waals surface area contributed by atoms with Gasteiger partial charge in [0.1, 0.15) is 0 Å². The lowest BCUT2D eigenvalue weighted by Gasteiger charge is -2.03. The van der Waals surface area contributed by atoms with Gasteiger partial charge in [-0.3, -0.25) is 4.98 Å². The van der Waals surface area contributed by atoms with Gasteiger partial charge >= 0.3 is 0 Å². The molecule has 0 radical (unpaired) electrons. The maximum atomic E-state index is 5.96. The van der Waals surface area contributed by atoms with Crippen LogP contribution in [-0.4, -0.2) is 19.7 Å². The van der Waals surface area contributed by atoms with Crippen LogP contribution in [0.1, 0.15) is 5.56 Å². The summed E-state index contributed by atoms with van der Waals surface area (Å²) in [6, 6.07) is 1.83. The van der Waals surface area contributed by atoms with Crippen molar-refractivity contribution >= 4 is 33.5 Å². The van der Waals surface area contributed by atoms with E-state index < -0.39 is 0 Å². The van der Waals surface area contributed by atoms with Crippen LogP contribution in [0.2, 0.25) is 5.02 Å². The Hall–Kier alpha value is -1.14. The minimum absolute atomic E-state index is 0.229. The first-order chi connectivity index (χ1) is 7.16. The summed E-state index contributed by atoms with van der Waals surface area (Å²) in [6.45, 7) is 0.506. The highest BCUT2D eigenvalue weighted by Crippen LogP contribution is 2.17. The minimum Gasteiger partial charge on any atom is -0.366 e. The average molecular weight is 289 g/mol. The van der Waals surface area contributed by atoms with Crippen molar-refractivity contribution in [3.63, 3.8) is 0 Å². The molecule has 0 saturated heterocycles. The molecule has 15 heavy (non-hydrogen) atoms. The fourth-order valence-electron chi connectivity index (χ4n) is 1.13. The third kappa shape index (κ3) is 2.27. The lowest BCUT2D eigenvalue weighted by atomic mass is 10.3. The lowest BCUT2D eigenvalue weighted by molar-refractivity contribution is 0.669. The molecule has 0 amide bonds. The van der Waals surface area contributed by atoms with E-state index in [4.69, 9.17) is 17.3 Å². The Balaban J connectivity index is 2.29. The SMILES string of the molecule is Nc1nc(Br)n(Cc2ccncc2Cl)n1. The molecule has 0 unspecified atom stereocenters. The van der Waals surface area contributed by atoms with Gasteiger partial charge in [0.25, 0.3) is 0 Å². The van der Waals surface area contributed by atoms with Gasteiger partial charge in [0.15, 0.2) is 4.73 Å². The van der Waals surface area contributed by atoms with Gasteiger partial charge < -0.3 is 5.73 Å². The highest BCUT2D eigenvalue weighted by Gasteiger charge is 2.07. The standard InChI is InChI=1S/C8H7BrClN5/c9-7-13-8(11)14-15(7)4-5-1-2-12-3-6(5)10/h1-3H,4H2,(H2,11,14). The Labute approximate surface area is 99.4 Å². The lowest BCUT2D eigenvalue weighted by Crippen LogP contribution is -2.03. The summed E-state index contributed by atoms with van der Waals surface area (Å²) in [7, 11) is 0. The number of nitrogens with zero attached hydrogens (tertiary/aromatic N) is 4. The maximum Gasteiger partial charge on any atom is 0.240 e. The zero-order valence-corrected chi connectivity index (χ0v) is 9.90. The number of rotatable bonds is 2. The molecule has 0 atom stereocenters. The first-order valence-electron chi connectivity index (χ1n) is 4.11. The van der Waals surface area contributed by atoms with E-state index in [0.29, 0.717) is 16.3 Å². The van der Waals surface area contributed by atoms with Gasteiger partial charge in [-0.05, 0) is 27.6 Å². The quantitative estimate of drug-likeness (QED) is 0.913. The van der Waals surface area contributed by atoms with Crippen LogP contribution in [0, 0.1) is 0 Å². The minimum atomic E-state index is 0.229. The number of halogens is 2. The molecule has 0 aliphatic carbocycles. The van der Waals surface area contributed by atoms with Crippen LogP contribution in [0.25, 0.3) is 0 Å². The molecule has 2 N–H and O–H groups in total. The molecule has 2 aromatic heterocycles. The summed E-state index contributed by atoms with van der Waals surface area (Å²) in [5.41, 5.74) is 6.37. The monoisotopic (exact) mass is 287 g/mol. The zero-order chi connectivity index (χ0) is 10.8. The molecule has 0 saturated carbocycles. The topological polar surface area (TPSA) is 69.6 Å². The Kier molecular flexibility index (Phi) is 2.88. The molecule has 2 rings (SSSR count). The summed E-state index contributed by atoms with van der Waals surface area (Å²) in [5, 5.41) is 4.60. The van der Waals surface area contributed by atoms with E-state index in [1.807, 2.05) is 6.07 Å². The van der Waals surface area contributed by atoms with Gasteiger partial charge in [-0.15, -0.1) is 5.10 Å². The van der Waals surface area contributed by atoms with E-state index in [9.17, 15) is 0 Å². The van der Waals surface area contributed by atoms with E-state index in [-0.39, 0.29) is 5.95 Å². The van der Waals surface area contributed by atoms with E-state index in [2.05, 4.69) is 31.0 Å². The molecular weight excluding hydrogens is 281 g/mol. The van der Waals surface area contributed by atoms with Crippen molar-refractivity contribution in [3.05, 3.63) is 33.8 Å². The number of hydrogen-bond donors (Lipinski definition) is 1. The van der Waals surface area contributed by atoms with Crippen LogP contribution in [-0.2, 0) is 6.54 Å². The highest BCUT2D eigenvalue weighted by atomic mass is 79.9. The van der Waals surface area contributed by atoms with Gasteiger partial charge in [-0.1, -0.05) is 11.6 Å². The third-order valence-corrected chi connectivity index (χ3v) is 2.75. The molecule has 7 heteroatoms. The Morgan fingerprint density at radius 3 is 2.93 bits per heavy atom. The normalized spacial score (nSPS) is 10.5. The Morgan fingerprint density at radius 2 is 2.33 bits per heavy atom. The van der Waals surface area contributed by atoms with E-state index in [1.54, 1.807) is 17.1 Å². The third-order valence-electron chi connectivity index (χ3n) is 1.82. The first-order valence-corrected chi connectivity index (χ1v) is 5.28. The molecule has 0 aliphatic heterocycles. The van der Waals surface area contributed by atoms with Crippen molar-refractivity contribution in [2.24, 2.45) is 0 Å². The molecule has 2 aromatic rings. The van der Waals surface area contributed by atoms with Gasteiger partial charge in [-0.2, -0.15) is 4.98 Å². The number of nitrogen functional groups attached to an aromatic ring is 1. The molecule has 0 aliphatic rings. The average Bonchev–Trinajstić information content (AvgIpc) is 2.49. The summed E-state index contributed by atoms with van der Waals surface area (Å²) in [5.74, 6) is 0.229. The van der Waals surface area contributed by atoms with E-state index in [0.717, 1.165) is 5.56 Å². The molecule has 5 nitrogen and oxygen atoms in total. The molecule has 0 fully saturated rings. The van der Waals surface area contributed by atoms with Crippen LogP contribution in [0.3, 0.4) is 0 Å². The molecular formula is C8H7BrClN5. The van der Waals surface area contributed by atoms with Crippen molar-refractivity contribution in [1.82, 2.24) is 19.7 Å². The molecule has 0 spiro atoms. The molecule has 2 heterocycles. The zero-order valence-electron chi connectivity index (χ0n) is 7.56. The number of hydrogen-bond acceptors (Lipinski definition) is 4. The summed E-state index contributed by atoms with van der Waals surface area (Å²) < 4.78 is 2.20. The molecule has 78 valence electrons. The van der Waals surface area contributed by atoms with Gasteiger partial charge in [0.05, 0.1) is 11.6 Å². The summed E-state index contributed by atoms with van der Waals surface area (Å²) in [6.07, 6.45) is 3.26. The Bertz CT molecular complexity index is 484. The number of aromatic nitrogens is 4. The second-order valence-corrected chi connectivity index (χ2v) is 3.98. The maximum absolute atomic E-state index is 5.96. The smallest absolute Gasteiger partial charge is 0.240 e. The summed E-state index contributed by atoms with van der Waals surface area (Å²) >= 11 is 9.21. The number of anilines is 1. The summed E-state index contributed by atoms with van der Waals surface area (Å²) in [4.78, 5) is 7.83. The van der Waals surface area contributed by atoms with E-state index >= 15 is 0 Å². The van der Waals surface area contributed by atoms with Crippen LogP contribution in [0.15, 0.2) is 23.2 Å². The first kappa shape index (κ1) is 10.4. The van der Waals surface area contributed by atoms with Crippen LogP contribution >= 0.6 is 27.5 Å². The van der Waals surface area contributed by atoms with Crippen LogP contribution in [0.5, 0.6) is 0 Å². The predicted molar refractivity (Wildman–Crippen MR) is 60.5 cm³/mol. The number of pyridine rings is 1. The fraction of sp³-hybridized carbons (Fsp3) is 0.125. The molecule has 0 bridgehead atoms. The second kappa shape index (κ2) is 4.16. The van der Waals surface area contributed by atoms with Crippen molar-refractivity contribution in [2.75, 3.05) is 5.73 Å². The highest BCUT2D eigenvalue weighted by molar-refractivity contribution is 9.10. The van der Waals surface area contributed by atoms with Gasteiger partial charge in [0.2, 0.25) is 5.95 Å². The molecule has 0 aromatic carbocycles. The largest absolute Gasteiger partial charge is 0.366 e.